The summed E-state index contributed by atoms with van der Waals surface area (Å²) in [5.74, 6) is 7.99. The van der Waals surface area contributed by atoms with Gasteiger partial charge in [0.2, 0.25) is 11.1 Å². The summed E-state index contributed by atoms with van der Waals surface area (Å²) in [7, 11) is 3.08. The van der Waals surface area contributed by atoms with E-state index in [0.717, 1.165) is 23.1 Å². The van der Waals surface area contributed by atoms with Gasteiger partial charge in [0.15, 0.2) is 0 Å². The van der Waals surface area contributed by atoms with Crippen LogP contribution in [0.4, 0.5) is 11.6 Å². The van der Waals surface area contributed by atoms with E-state index in [1.54, 1.807) is 24.4 Å². The lowest BCUT2D eigenvalue weighted by Gasteiger charge is -2.09. The van der Waals surface area contributed by atoms with Gasteiger partial charge >= 0.3 is 0 Å². The molecule has 1 amide bonds. The van der Waals surface area contributed by atoms with E-state index in [9.17, 15) is 4.79 Å². The van der Waals surface area contributed by atoms with Gasteiger partial charge in [-0.15, -0.1) is 10.2 Å². The normalized spacial score (nSPS) is 10.8. The van der Waals surface area contributed by atoms with Gasteiger partial charge in [0.05, 0.1) is 32.8 Å². The average molecular weight is 472 g/mol. The van der Waals surface area contributed by atoms with Crippen LogP contribution >= 0.6 is 11.8 Å². The van der Waals surface area contributed by atoms with Crippen LogP contribution in [-0.4, -0.2) is 53.6 Å². The van der Waals surface area contributed by atoms with Gasteiger partial charge in [-0.05, 0) is 36.8 Å². The molecule has 0 fully saturated rings. The Bertz CT molecular complexity index is 1080. The highest BCUT2D eigenvalue weighted by atomic mass is 32.2. The predicted octanol–water partition coefficient (Wildman–Crippen LogP) is 2.58. The molecular formula is C21H25N7O4S. The van der Waals surface area contributed by atoms with Gasteiger partial charge in [-0.1, -0.05) is 11.8 Å². The molecule has 0 bridgehead atoms. The van der Waals surface area contributed by atoms with E-state index >= 15 is 0 Å². The molecule has 4 N–H and O–H groups in total. The van der Waals surface area contributed by atoms with Crippen LogP contribution in [0.2, 0.25) is 0 Å². The monoisotopic (exact) mass is 471 g/mol. The summed E-state index contributed by atoms with van der Waals surface area (Å²) in [6.45, 7) is 2.54. The fourth-order valence-corrected chi connectivity index (χ4v) is 3.30. The highest BCUT2D eigenvalue weighted by molar-refractivity contribution is 7.99. The minimum absolute atomic E-state index is 0.0737. The molecular weight excluding hydrogens is 446 g/mol. The predicted molar refractivity (Wildman–Crippen MR) is 128 cm³/mol. The molecule has 12 heteroatoms. The molecule has 1 heterocycles. The molecule has 0 spiro atoms. The van der Waals surface area contributed by atoms with Gasteiger partial charge in [0.25, 0.3) is 5.95 Å². The second kappa shape index (κ2) is 11.6. The maximum absolute atomic E-state index is 12.3. The summed E-state index contributed by atoms with van der Waals surface area (Å²) in [6.07, 6.45) is 1.62. The SMILES string of the molecule is CCOc1ccc(/C=N/Nc2nnc(SCC(=O)Nc3cc(OC)cc(OC)c3)n2N)cc1. The molecule has 0 aliphatic carbocycles. The minimum Gasteiger partial charge on any atom is -0.497 e. The van der Waals surface area contributed by atoms with Crippen molar-refractivity contribution < 1.29 is 19.0 Å². The van der Waals surface area contributed by atoms with Crippen molar-refractivity contribution in [1.82, 2.24) is 14.9 Å². The molecule has 174 valence electrons. The van der Waals surface area contributed by atoms with Gasteiger partial charge in [-0.25, -0.2) is 10.1 Å². The minimum atomic E-state index is -0.249. The number of aromatic nitrogens is 3. The molecule has 0 saturated heterocycles. The number of nitrogens with zero attached hydrogens (tertiary/aromatic N) is 4. The van der Waals surface area contributed by atoms with Crippen molar-refractivity contribution in [2.24, 2.45) is 5.10 Å². The molecule has 2 aromatic carbocycles. The number of carbonyl (C=O) groups is 1. The van der Waals surface area contributed by atoms with Crippen molar-refractivity contribution in [1.29, 1.82) is 0 Å². The number of benzene rings is 2. The number of anilines is 2. The van der Waals surface area contributed by atoms with Crippen LogP contribution in [0.25, 0.3) is 0 Å². The van der Waals surface area contributed by atoms with E-state index in [2.05, 4.69) is 26.0 Å². The van der Waals surface area contributed by atoms with E-state index in [-0.39, 0.29) is 17.6 Å². The third-order valence-corrected chi connectivity index (χ3v) is 5.14. The van der Waals surface area contributed by atoms with Crippen LogP contribution in [0.1, 0.15) is 12.5 Å². The van der Waals surface area contributed by atoms with Gasteiger partial charge in [0.1, 0.15) is 17.2 Å². The second-order valence-electron chi connectivity index (χ2n) is 6.49. The molecule has 0 saturated carbocycles. The quantitative estimate of drug-likeness (QED) is 0.167. The second-order valence-corrected chi connectivity index (χ2v) is 7.43. The summed E-state index contributed by atoms with van der Waals surface area (Å²) in [5.41, 5.74) is 4.16. The number of hydrogen-bond acceptors (Lipinski definition) is 10. The number of hydrogen-bond donors (Lipinski definition) is 3. The maximum Gasteiger partial charge on any atom is 0.264 e. The highest BCUT2D eigenvalue weighted by Crippen LogP contribution is 2.26. The fourth-order valence-electron chi connectivity index (χ4n) is 2.64. The first-order valence-corrected chi connectivity index (χ1v) is 10.9. The number of nitrogens with two attached hydrogens (primary N) is 1. The third kappa shape index (κ3) is 6.77. The van der Waals surface area contributed by atoms with Crippen LogP contribution in [0.5, 0.6) is 17.2 Å². The van der Waals surface area contributed by atoms with Crippen molar-refractivity contribution in [3.05, 3.63) is 48.0 Å². The van der Waals surface area contributed by atoms with Gasteiger partial charge < -0.3 is 25.4 Å². The molecule has 0 aliphatic rings. The topological polar surface area (TPSA) is 138 Å². The average Bonchev–Trinajstić information content (AvgIpc) is 3.18. The Hall–Kier alpha value is -3.93. The molecule has 3 rings (SSSR count). The van der Waals surface area contributed by atoms with E-state index in [1.807, 2.05) is 31.2 Å². The van der Waals surface area contributed by atoms with Crippen molar-refractivity contribution in [2.45, 2.75) is 12.1 Å². The Morgan fingerprint density at radius 2 is 1.82 bits per heavy atom. The van der Waals surface area contributed by atoms with Crippen molar-refractivity contribution in [2.75, 3.05) is 43.2 Å². The van der Waals surface area contributed by atoms with E-state index in [1.165, 1.54) is 18.9 Å². The Morgan fingerprint density at radius 3 is 2.45 bits per heavy atom. The number of ether oxygens (including phenoxy) is 3. The zero-order valence-corrected chi connectivity index (χ0v) is 19.3. The molecule has 0 aliphatic heterocycles. The van der Waals surface area contributed by atoms with Gasteiger partial charge in [-0.2, -0.15) is 5.10 Å². The number of nitrogens with one attached hydrogen (secondary N) is 2. The smallest absolute Gasteiger partial charge is 0.264 e. The molecule has 11 nitrogen and oxygen atoms in total. The Morgan fingerprint density at radius 1 is 1.12 bits per heavy atom. The zero-order chi connectivity index (χ0) is 23.6. The van der Waals surface area contributed by atoms with Crippen LogP contribution in [0.3, 0.4) is 0 Å². The summed E-state index contributed by atoms with van der Waals surface area (Å²) < 4.78 is 17.0. The lowest BCUT2D eigenvalue weighted by atomic mass is 10.2. The third-order valence-electron chi connectivity index (χ3n) is 4.20. The molecule has 3 aromatic rings. The van der Waals surface area contributed by atoms with Crippen LogP contribution in [-0.2, 0) is 4.79 Å². The first-order chi connectivity index (χ1) is 16.0. The summed E-state index contributed by atoms with van der Waals surface area (Å²) in [5, 5.41) is 15.2. The first-order valence-electron chi connectivity index (χ1n) is 9.90. The number of carbonyl (C=O) groups excluding carboxylic acids is 1. The van der Waals surface area contributed by atoms with Gasteiger partial charge in [-0.3, -0.25) is 4.79 Å². The first kappa shape index (κ1) is 23.7. The van der Waals surface area contributed by atoms with E-state index in [0.29, 0.717) is 28.9 Å². The van der Waals surface area contributed by atoms with E-state index in [4.69, 9.17) is 20.1 Å². The van der Waals surface area contributed by atoms with Gasteiger partial charge in [0, 0.05) is 23.9 Å². The maximum atomic E-state index is 12.3. The largest absolute Gasteiger partial charge is 0.497 e. The molecule has 1 aromatic heterocycles. The number of nitrogen functional groups attached to an aromatic ring is 1. The van der Waals surface area contributed by atoms with Crippen molar-refractivity contribution in [3.8, 4) is 17.2 Å². The number of thioether (sulfide) groups is 1. The number of hydrazone groups is 1. The lowest BCUT2D eigenvalue weighted by Crippen LogP contribution is -2.17. The Balaban J connectivity index is 1.52. The number of methoxy groups -OCH3 is 2. The summed E-state index contributed by atoms with van der Waals surface area (Å²) in [6, 6.07) is 12.6. The van der Waals surface area contributed by atoms with E-state index < -0.39 is 0 Å². The van der Waals surface area contributed by atoms with Crippen LogP contribution < -0.4 is 30.8 Å². The Kier molecular flexibility index (Phi) is 8.36. The fraction of sp³-hybridized carbons (Fsp3) is 0.238. The standard InChI is InChI=1S/C21H25N7O4S/c1-4-32-16-7-5-14(6-8-16)12-23-25-20-26-27-21(28(20)22)33-13-19(29)24-15-9-17(30-2)11-18(10-15)31-3/h5-12H,4,13,22H2,1-3H3,(H,24,29)(H,25,26)/b23-12+. The van der Waals surface area contributed by atoms with Crippen molar-refractivity contribution in [3.63, 3.8) is 0 Å². The summed E-state index contributed by atoms with van der Waals surface area (Å²) in [4.78, 5) is 12.3. The lowest BCUT2D eigenvalue weighted by molar-refractivity contribution is -0.113. The molecule has 0 radical (unpaired) electrons. The number of amides is 1. The van der Waals surface area contributed by atoms with Crippen molar-refractivity contribution >= 4 is 35.5 Å². The highest BCUT2D eigenvalue weighted by Gasteiger charge is 2.13. The molecule has 0 unspecified atom stereocenters. The number of rotatable bonds is 11. The van der Waals surface area contributed by atoms with Crippen LogP contribution in [0.15, 0.2) is 52.7 Å². The molecule has 33 heavy (non-hydrogen) atoms. The van der Waals surface area contributed by atoms with Crippen LogP contribution in [0, 0.1) is 0 Å². The zero-order valence-electron chi connectivity index (χ0n) is 18.4. The summed E-state index contributed by atoms with van der Waals surface area (Å²) >= 11 is 1.14. The Labute approximate surface area is 195 Å². The molecule has 0 atom stereocenters.